The highest BCUT2D eigenvalue weighted by Crippen LogP contribution is 2.41. The number of ether oxygens (including phenoxy) is 1. The molecule has 0 fully saturated rings. The van der Waals surface area contributed by atoms with Gasteiger partial charge in [0.05, 0.1) is 24.4 Å². The van der Waals surface area contributed by atoms with Crippen molar-refractivity contribution in [2.75, 3.05) is 7.11 Å². The summed E-state index contributed by atoms with van der Waals surface area (Å²) in [7, 11) is 1.59. The predicted octanol–water partition coefficient (Wildman–Crippen LogP) is 6.32. The Bertz CT molecular complexity index is 1560. The van der Waals surface area contributed by atoms with Crippen LogP contribution in [0, 0.1) is 0 Å². The van der Waals surface area contributed by atoms with E-state index in [9.17, 15) is 9.59 Å². The van der Waals surface area contributed by atoms with Crippen molar-refractivity contribution in [3.63, 3.8) is 0 Å². The maximum atomic E-state index is 13.5. The van der Waals surface area contributed by atoms with Crippen LogP contribution < -0.4 is 10.3 Å². The van der Waals surface area contributed by atoms with Crippen molar-refractivity contribution in [1.82, 2.24) is 9.99 Å². The molecule has 1 aromatic heterocycles. The fourth-order valence-corrected chi connectivity index (χ4v) is 5.21. The molecule has 0 bridgehead atoms. The van der Waals surface area contributed by atoms with Crippen LogP contribution in [0.25, 0.3) is 22.0 Å². The van der Waals surface area contributed by atoms with Crippen molar-refractivity contribution < 1.29 is 9.53 Å². The Morgan fingerprint density at radius 1 is 1.11 bits per heavy atom. The van der Waals surface area contributed by atoms with Crippen LogP contribution in [-0.4, -0.2) is 28.7 Å². The highest BCUT2D eigenvalue weighted by Gasteiger charge is 2.35. The molecule has 0 spiro atoms. The summed E-state index contributed by atoms with van der Waals surface area (Å²) in [5.41, 5.74) is 3.51. The number of para-hydroxylation sites is 1. The zero-order valence-electron chi connectivity index (χ0n) is 19.0. The lowest BCUT2D eigenvalue weighted by Gasteiger charge is -2.22. The molecule has 1 N–H and O–H groups in total. The maximum Gasteiger partial charge on any atom is 0.258 e. The van der Waals surface area contributed by atoms with Crippen molar-refractivity contribution >= 4 is 50.1 Å². The molecule has 0 radical (unpaired) electrons. The number of carbonyl (C=O) groups excluding carboxylic acids is 1. The van der Waals surface area contributed by atoms with Crippen molar-refractivity contribution in [2.24, 2.45) is 5.10 Å². The van der Waals surface area contributed by atoms with E-state index in [1.807, 2.05) is 60.7 Å². The minimum Gasteiger partial charge on any atom is -0.496 e. The molecule has 0 saturated heterocycles. The van der Waals surface area contributed by atoms with E-state index in [4.69, 9.17) is 16.3 Å². The Morgan fingerprint density at radius 2 is 1.86 bits per heavy atom. The van der Waals surface area contributed by atoms with E-state index in [0.29, 0.717) is 39.5 Å². The van der Waals surface area contributed by atoms with E-state index in [1.165, 1.54) is 11.9 Å². The number of carbonyl (C=O) groups is 1. The highest BCUT2D eigenvalue weighted by atomic mass is 79.9. The third-order valence-corrected chi connectivity index (χ3v) is 6.96. The van der Waals surface area contributed by atoms with Crippen molar-refractivity contribution in [2.45, 2.75) is 19.4 Å². The van der Waals surface area contributed by atoms with Crippen LogP contribution in [0.2, 0.25) is 5.02 Å². The summed E-state index contributed by atoms with van der Waals surface area (Å²) < 4.78 is 6.41. The largest absolute Gasteiger partial charge is 0.496 e. The van der Waals surface area contributed by atoms with Gasteiger partial charge in [0.1, 0.15) is 5.75 Å². The Labute approximate surface area is 215 Å². The molecule has 2 heterocycles. The van der Waals surface area contributed by atoms with E-state index in [2.05, 4.69) is 26.0 Å². The standard InChI is InChI=1S/C27H21BrClN3O3/c1-15(33)32-23(18-8-4-6-10-24(18)35-2)14-22(31-32)26-25(17-7-3-5-9-20(17)29)19-13-16(28)11-12-21(19)30-27(26)34/h3-13,23H,14H2,1-2H3,(H,30,34)/t23-/m1/s1. The first-order valence-corrected chi connectivity index (χ1v) is 12.2. The van der Waals surface area contributed by atoms with E-state index < -0.39 is 6.04 Å². The number of benzene rings is 3. The summed E-state index contributed by atoms with van der Waals surface area (Å²) in [5, 5.41) is 7.43. The second kappa shape index (κ2) is 9.32. The van der Waals surface area contributed by atoms with Crippen LogP contribution in [0.15, 0.2) is 81.1 Å². The first kappa shape index (κ1) is 23.3. The molecule has 176 valence electrons. The highest BCUT2D eigenvalue weighted by molar-refractivity contribution is 9.10. The van der Waals surface area contributed by atoms with Crippen molar-refractivity contribution in [3.8, 4) is 16.9 Å². The quantitative estimate of drug-likeness (QED) is 0.323. The van der Waals surface area contributed by atoms with Gasteiger partial charge in [-0.3, -0.25) is 9.59 Å². The van der Waals surface area contributed by atoms with Crippen LogP contribution in [0.3, 0.4) is 0 Å². The fourth-order valence-electron chi connectivity index (χ4n) is 4.62. The molecule has 0 unspecified atom stereocenters. The van der Waals surface area contributed by atoms with Gasteiger partial charge in [0.25, 0.3) is 5.56 Å². The fraction of sp³-hybridized carbons (Fsp3) is 0.148. The number of halogens is 2. The number of rotatable bonds is 4. The van der Waals surface area contributed by atoms with Gasteiger partial charge in [0, 0.05) is 50.4 Å². The number of hydrogen-bond acceptors (Lipinski definition) is 4. The molecule has 5 rings (SSSR count). The van der Waals surface area contributed by atoms with Crippen LogP contribution in [0.4, 0.5) is 0 Å². The number of fused-ring (bicyclic) bond motifs is 1. The first-order valence-electron chi connectivity index (χ1n) is 11.0. The molecular formula is C27H21BrClN3O3. The van der Waals surface area contributed by atoms with Gasteiger partial charge in [0.15, 0.2) is 0 Å². The molecule has 1 atom stereocenters. The molecule has 6 nitrogen and oxygen atoms in total. The summed E-state index contributed by atoms with van der Waals surface area (Å²) in [6, 6.07) is 20.2. The van der Waals surface area contributed by atoms with Gasteiger partial charge < -0.3 is 9.72 Å². The van der Waals surface area contributed by atoms with Crippen LogP contribution in [0.5, 0.6) is 5.75 Å². The average Bonchev–Trinajstić information content (AvgIpc) is 3.29. The summed E-state index contributed by atoms with van der Waals surface area (Å²) in [6.45, 7) is 1.46. The molecule has 1 aliphatic rings. The molecule has 35 heavy (non-hydrogen) atoms. The number of nitrogens with zero attached hydrogens (tertiary/aromatic N) is 2. The molecule has 0 aliphatic carbocycles. The number of methoxy groups -OCH3 is 1. The normalized spacial score (nSPS) is 15.4. The lowest BCUT2D eigenvalue weighted by Crippen LogP contribution is -2.24. The lowest BCUT2D eigenvalue weighted by molar-refractivity contribution is -0.130. The third-order valence-electron chi connectivity index (χ3n) is 6.14. The van der Waals surface area contributed by atoms with Crippen molar-refractivity contribution in [3.05, 3.63) is 97.7 Å². The smallest absolute Gasteiger partial charge is 0.258 e. The topological polar surface area (TPSA) is 74.8 Å². The van der Waals surface area contributed by atoms with Gasteiger partial charge in [-0.15, -0.1) is 0 Å². The lowest BCUT2D eigenvalue weighted by atomic mass is 9.91. The van der Waals surface area contributed by atoms with E-state index >= 15 is 0 Å². The van der Waals surface area contributed by atoms with E-state index in [1.54, 1.807) is 13.2 Å². The SMILES string of the molecule is COc1ccccc1[C@H]1CC(c2c(-c3ccccc3Cl)c3cc(Br)ccc3[nH]c2=O)=NN1C(C)=O. The van der Waals surface area contributed by atoms with Gasteiger partial charge >= 0.3 is 0 Å². The Kier molecular flexibility index (Phi) is 6.21. The molecule has 1 aliphatic heterocycles. The predicted molar refractivity (Wildman–Crippen MR) is 142 cm³/mol. The Morgan fingerprint density at radius 3 is 2.60 bits per heavy atom. The zero-order chi connectivity index (χ0) is 24.7. The van der Waals surface area contributed by atoms with Gasteiger partial charge in [-0.05, 0) is 30.3 Å². The van der Waals surface area contributed by atoms with Gasteiger partial charge in [0.2, 0.25) is 5.91 Å². The number of aromatic nitrogens is 1. The molecule has 4 aromatic rings. The molecular weight excluding hydrogens is 530 g/mol. The first-order chi connectivity index (χ1) is 16.9. The zero-order valence-corrected chi connectivity index (χ0v) is 21.4. The summed E-state index contributed by atoms with van der Waals surface area (Å²) in [4.78, 5) is 29.1. The number of aromatic amines is 1. The van der Waals surface area contributed by atoms with Crippen molar-refractivity contribution in [1.29, 1.82) is 0 Å². The number of H-pyrrole nitrogens is 1. The molecule has 8 heteroatoms. The van der Waals surface area contributed by atoms with Gasteiger partial charge in [-0.25, -0.2) is 5.01 Å². The minimum absolute atomic E-state index is 0.227. The second-order valence-electron chi connectivity index (χ2n) is 8.25. The number of nitrogens with one attached hydrogen (secondary N) is 1. The van der Waals surface area contributed by atoms with Crippen LogP contribution in [-0.2, 0) is 4.79 Å². The number of hydrazone groups is 1. The second-order valence-corrected chi connectivity index (χ2v) is 9.57. The van der Waals surface area contributed by atoms with Gasteiger partial charge in [-0.1, -0.05) is 63.9 Å². The average molecular weight is 551 g/mol. The van der Waals surface area contributed by atoms with E-state index in [-0.39, 0.29) is 11.5 Å². The molecule has 3 aromatic carbocycles. The molecule has 0 saturated carbocycles. The third kappa shape index (κ3) is 4.15. The summed E-state index contributed by atoms with van der Waals surface area (Å²) in [6.07, 6.45) is 0.347. The monoisotopic (exact) mass is 549 g/mol. The number of hydrogen-bond donors (Lipinski definition) is 1. The maximum absolute atomic E-state index is 13.5. The summed E-state index contributed by atoms with van der Waals surface area (Å²) >= 11 is 10.2. The Hall–Kier alpha value is -3.42. The van der Waals surface area contributed by atoms with E-state index in [0.717, 1.165) is 21.0 Å². The van der Waals surface area contributed by atoms with Crippen LogP contribution in [0.1, 0.15) is 30.5 Å². The van der Waals surface area contributed by atoms with Gasteiger partial charge in [-0.2, -0.15) is 5.10 Å². The number of pyridine rings is 1. The Balaban J connectivity index is 1.77. The van der Waals surface area contributed by atoms with Crippen LogP contribution >= 0.6 is 27.5 Å². The molecule has 1 amide bonds. The number of amides is 1. The summed E-state index contributed by atoms with van der Waals surface area (Å²) in [5.74, 6) is 0.429. The minimum atomic E-state index is -0.407.